The van der Waals surface area contributed by atoms with Crippen molar-refractivity contribution in [2.45, 2.75) is 88.1 Å². The maximum absolute atomic E-state index is 12.5. The molecule has 0 aromatic heterocycles. The summed E-state index contributed by atoms with van der Waals surface area (Å²) >= 11 is 1.90. The lowest BCUT2D eigenvalue weighted by atomic mass is 9.95. The normalized spacial score (nSPS) is 25.0. The Balaban J connectivity index is 1.18. The molecule has 0 bridgehead atoms. The van der Waals surface area contributed by atoms with Gasteiger partial charge in [0.15, 0.2) is 0 Å². The number of thioether (sulfide) groups is 1. The van der Waals surface area contributed by atoms with Crippen molar-refractivity contribution in [1.29, 1.82) is 0 Å². The fraction of sp³-hybridized carbons (Fsp3) is 0.625. The molecule has 1 aromatic rings. The number of carbonyl (C=O) groups is 3. The number of hydrogen-bond acceptors (Lipinski definition) is 4. The van der Waals surface area contributed by atoms with Gasteiger partial charge in [0.05, 0.1) is 12.1 Å². The van der Waals surface area contributed by atoms with Crippen molar-refractivity contribution in [3.8, 4) is 0 Å². The van der Waals surface area contributed by atoms with Crippen LogP contribution in [-0.4, -0.2) is 47.0 Å². The fourth-order valence-corrected chi connectivity index (χ4v) is 6.49. The smallest absolute Gasteiger partial charge is 0.315 e. The van der Waals surface area contributed by atoms with Crippen LogP contribution < -0.4 is 21.3 Å². The summed E-state index contributed by atoms with van der Waals surface area (Å²) in [6.45, 7) is 1.92. The van der Waals surface area contributed by atoms with Crippen LogP contribution in [0.2, 0.25) is 0 Å². The lowest BCUT2D eigenvalue weighted by Crippen LogP contribution is -2.36. The summed E-state index contributed by atoms with van der Waals surface area (Å²) in [4.78, 5) is 36.4. The minimum absolute atomic E-state index is 0.000273. The van der Waals surface area contributed by atoms with E-state index < -0.39 is 0 Å². The number of unbranched alkanes of at least 4 members (excludes halogenated alkanes) is 1. The first-order chi connectivity index (χ1) is 15.5. The molecule has 0 spiro atoms. The predicted molar refractivity (Wildman–Crippen MR) is 128 cm³/mol. The summed E-state index contributed by atoms with van der Waals surface area (Å²) in [7, 11) is 0. The van der Waals surface area contributed by atoms with E-state index in [-0.39, 0.29) is 36.0 Å². The minimum Gasteiger partial charge on any atom is -0.349 e. The van der Waals surface area contributed by atoms with Gasteiger partial charge in [0.1, 0.15) is 0 Å². The Labute approximate surface area is 194 Å². The quantitative estimate of drug-likeness (QED) is 0.352. The molecule has 7 nitrogen and oxygen atoms in total. The molecule has 174 valence electrons. The number of anilines is 1. The van der Waals surface area contributed by atoms with Gasteiger partial charge >= 0.3 is 6.03 Å². The molecule has 3 fully saturated rings. The summed E-state index contributed by atoms with van der Waals surface area (Å²) < 4.78 is 0. The second-order valence-electron chi connectivity index (χ2n) is 9.25. The third-order valence-corrected chi connectivity index (χ3v) is 8.29. The number of nitrogens with one attached hydrogen (secondary N) is 4. The Hall–Kier alpha value is -2.22. The van der Waals surface area contributed by atoms with E-state index in [9.17, 15) is 14.4 Å². The van der Waals surface area contributed by atoms with Gasteiger partial charge in [0.2, 0.25) is 5.91 Å². The highest BCUT2D eigenvalue weighted by molar-refractivity contribution is 8.00. The Morgan fingerprint density at radius 3 is 2.72 bits per heavy atom. The number of carbonyl (C=O) groups excluding carboxylic acids is 3. The number of hydrogen-bond donors (Lipinski definition) is 4. The van der Waals surface area contributed by atoms with Crippen molar-refractivity contribution in [3.63, 3.8) is 0 Å². The average Bonchev–Trinajstić information content (AvgIpc) is 3.32. The van der Waals surface area contributed by atoms with E-state index in [1.165, 1.54) is 19.3 Å². The van der Waals surface area contributed by atoms with E-state index in [4.69, 9.17) is 0 Å². The first kappa shape index (κ1) is 23.0. The van der Waals surface area contributed by atoms with Crippen LogP contribution in [0.25, 0.3) is 0 Å². The van der Waals surface area contributed by atoms with E-state index in [1.54, 1.807) is 6.07 Å². The average molecular weight is 459 g/mol. The molecular formula is C24H34N4O3S. The van der Waals surface area contributed by atoms with Crippen LogP contribution in [0.5, 0.6) is 0 Å². The molecule has 1 aliphatic carbocycles. The lowest BCUT2D eigenvalue weighted by molar-refractivity contribution is -0.116. The molecule has 4 amide bonds. The van der Waals surface area contributed by atoms with Crippen LogP contribution in [-0.2, 0) is 4.79 Å². The molecule has 4 N–H and O–H groups in total. The Bertz CT molecular complexity index is 856. The standard InChI is InChI=1S/C24H34N4O3S/c1-15-13-16(23(30)25-17-7-3-2-4-8-17)11-12-18(15)26-21(29)10-6-5-9-20-22-19(14-32-20)27-24(31)28-22/h11-13,17,19-20,22H,2-10,14H2,1H3,(H,25,30)(H,26,29)(H2,27,28,31)/t19-,20-,22-/m0/s1. The van der Waals surface area contributed by atoms with Gasteiger partial charge in [-0.25, -0.2) is 4.79 Å². The zero-order valence-corrected chi connectivity index (χ0v) is 19.6. The zero-order chi connectivity index (χ0) is 22.5. The Morgan fingerprint density at radius 2 is 1.94 bits per heavy atom. The van der Waals surface area contributed by atoms with Gasteiger partial charge in [-0.3, -0.25) is 9.59 Å². The number of aryl methyl sites for hydroxylation is 1. The van der Waals surface area contributed by atoms with Crippen LogP contribution >= 0.6 is 11.8 Å². The van der Waals surface area contributed by atoms with Crippen molar-refractivity contribution in [2.24, 2.45) is 0 Å². The molecule has 2 saturated heterocycles. The van der Waals surface area contributed by atoms with E-state index in [2.05, 4.69) is 21.3 Å². The highest BCUT2D eigenvalue weighted by Gasteiger charge is 2.42. The Kier molecular flexibility index (Phi) is 7.60. The van der Waals surface area contributed by atoms with Gasteiger partial charge < -0.3 is 21.3 Å². The van der Waals surface area contributed by atoms with Crippen LogP contribution in [0.4, 0.5) is 10.5 Å². The SMILES string of the molecule is Cc1cc(C(=O)NC2CCCCC2)ccc1NC(=O)CCCC[C@@H]1SC[C@@H]2NC(=O)N[C@@H]21. The van der Waals surface area contributed by atoms with E-state index in [0.29, 0.717) is 17.2 Å². The molecule has 3 aliphatic rings. The molecule has 0 radical (unpaired) electrons. The summed E-state index contributed by atoms with van der Waals surface area (Å²) in [5, 5.41) is 12.5. The summed E-state index contributed by atoms with van der Waals surface area (Å²) in [5.41, 5.74) is 2.30. The van der Waals surface area contributed by atoms with Crippen LogP contribution in [0.3, 0.4) is 0 Å². The molecule has 32 heavy (non-hydrogen) atoms. The predicted octanol–water partition coefficient (Wildman–Crippen LogP) is 3.72. The van der Waals surface area contributed by atoms with Crippen LogP contribution in [0.15, 0.2) is 18.2 Å². The van der Waals surface area contributed by atoms with Gasteiger partial charge in [0, 0.05) is 34.7 Å². The van der Waals surface area contributed by atoms with Gasteiger partial charge in [0.25, 0.3) is 5.91 Å². The first-order valence-electron chi connectivity index (χ1n) is 11.9. The minimum atomic E-state index is -0.0578. The molecule has 3 atom stereocenters. The monoisotopic (exact) mass is 458 g/mol. The molecule has 1 aromatic carbocycles. The number of amides is 4. The first-order valence-corrected chi connectivity index (χ1v) is 12.9. The molecular weight excluding hydrogens is 424 g/mol. The Morgan fingerprint density at radius 1 is 1.12 bits per heavy atom. The van der Waals surface area contributed by atoms with E-state index >= 15 is 0 Å². The van der Waals surface area contributed by atoms with Gasteiger partial charge in [-0.05, 0) is 56.4 Å². The summed E-state index contributed by atoms with van der Waals surface area (Å²) in [6, 6.07) is 6.16. The van der Waals surface area contributed by atoms with Crippen LogP contribution in [0.1, 0.15) is 73.7 Å². The molecule has 2 aliphatic heterocycles. The van der Waals surface area contributed by atoms with Gasteiger partial charge in [-0.2, -0.15) is 11.8 Å². The van der Waals surface area contributed by atoms with Crippen molar-refractivity contribution in [1.82, 2.24) is 16.0 Å². The molecule has 4 rings (SSSR count). The zero-order valence-electron chi connectivity index (χ0n) is 18.7. The largest absolute Gasteiger partial charge is 0.349 e. The maximum Gasteiger partial charge on any atom is 0.315 e. The number of rotatable bonds is 8. The van der Waals surface area contributed by atoms with Gasteiger partial charge in [-0.1, -0.05) is 25.7 Å². The highest BCUT2D eigenvalue weighted by atomic mass is 32.2. The number of benzene rings is 1. The second kappa shape index (κ2) is 10.6. The van der Waals surface area contributed by atoms with Crippen molar-refractivity contribution < 1.29 is 14.4 Å². The maximum atomic E-state index is 12.5. The fourth-order valence-electron chi connectivity index (χ4n) is 4.95. The lowest BCUT2D eigenvalue weighted by Gasteiger charge is -2.23. The number of urea groups is 1. The molecule has 2 heterocycles. The molecule has 8 heteroatoms. The van der Waals surface area contributed by atoms with E-state index in [1.807, 2.05) is 30.8 Å². The molecule has 0 unspecified atom stereocenters. The summed E-state index contributed by atoms with van der Waals surface area (Å²) in [5.74, 6) is 0.932. The van der Waals surface area contributed by atoms with Gasteiger partial charge in [-0.15, -0.1) is 0 Å². The molecule has 1 saturated carbocycles. The van der Waals surface area contributed by atoms with E-state index in [0.717, 1.165) is 49.1 Å². The van der Waals surface area contributed by atoms with Crippen molar-refractivity contribution >= 4 is 35.3 Å². The van der Waals surface area contributed by atoms with Crippen molar-refractivity contribution in [3.05, 3.63) is 29.3 Å². The van der Waals surface area contributed by atoms with Crippen molar-refractivity contribution in [2.75, 3.05) is 11.1 Å². The third-order valence-electron chi connectivity index (χ3n) is 6.78. The summed E-state index contributed by atoms with van der Waals surface area (Å²) in [6.07, 6.45) is 9.01. The third kappa shape index (κ3) is 5.77. The second-order valence-corrected chi connectivity index (χ2v) is 10.5. The highest BCUT2D eigenvalue weighted by Crippen LogP contribution is 2.33. The number of fused-ring (bicyclic) bond motifs is 1. The van der Waals surface area contributed by atoms with Crippen LogP contribution in [0, 0.1) is 6.92 Å². The topological polar surface area (TPSA) is 99.3 Å².